The monoisotopic (exact) mass is 488 g/mol. The van der Waals surface area contributed by atoms with Crippen molar-refractivity contribution in [1.82, 2.24) is 0 Å². The summed E-state index contributed by atoms with van der Waals surface area (Å²) in [4.78, 5) is 41.2. The molecule has 1 fully saturated rings. The highest BCUT2D eigenvalue weighted by atomic mass is 79.9. The number of para-hydroxylation sites is 1. The molecule has 6 nitrogen and oxygen atoms in total. The van der Waals surface area contributed by atoms with E-state index in [0.717, 1.165) is 16.2 Å². The summed E-state index contributed by atoms with van der Waals surface area (Å²) in [6, 6.07) is 14.2. The summed E-state index contributed by atoms with van der Waals surface area (Å²) in [7, 11) is 1.26. The van der Waals surface area contributed by atoms with Crippen molar-refractivity contribution in [2.75, 3.05) is 23.5 Å². The summed E-state index contributed by atoms with van der Waals surface area (Å²) >= 11 is 9.88. The van der Waals surface area contributed by atoms with Gasteiger partial charge in [0.05, 0.1) is 29.0 Å². The minimum Gasteiger partial charge on any atom is -0.468 e. The molecule has 0 bridgehead atoms. The first-order valence-corrected chi connectivity index (χ1v) is 10.5. The minimum absolute atomic E-state index is 0.233. The number of carbonyl (C=O) groups is 3. The number of esters is 1. The van der Waals surface area contributed by atoms with Crippen LogP contribution in [0.4, 0.5) is 11.4 Å². The third-order valence-electron chi connectivity index (χ3n) is 4.52. The highest BCUT2D eigenvalue weighted by molar-refractivity contribution is 9.10. The van der Waals surface area contributed by atoms with Crippen LogP contribution in [0, 0.1) is 0 Å². The first kappa shape index (κ1) is 19.8. The number of thioether (sulfide) groups is 1. The molecule has 2 amide bonds. The molecular weight excluding hydrogens is 476 g/mol. The minimum atomic E-state index is -0.545. The normalized spacial score (nSPS) is 18.5. The molecule has 0 unspecified atom stereocenters. The molecule has 29 heavy (non-hydrogen) atoms. The van der Waals surface area contributed by atoms with Crippen LogP contribution >= 0.6 is 39.9 Å². The van der Waals surface area contributed by atoms with Gasteiger partial charge in [0.25, 0.3) is 11.8 Å². The molecule has 2 aliphatic rings. The van der Waals surface area contributed by atoms with E-state index in [1.54, 1.807) is 36.4 Å². The van der Waals surface area contributed by atoms with Crippen LogP contribution in [-0.4, -0.2) is 35.8 Å². The molecule has 0 radical (unpaired) electrons. The van der Waals surface area contributed by atoms with E-state index in [4.69, 9.17) is 17.0 Å². The molecule has 2 heterocycles. The van der Waals surface area contributed by atoms with Crippen LogP contribution in [0.25, 0.3) is 5.57 Å². The Balaban J connectivity index is 1.79. The fraction of sp³-hybridized carbons (Fsp3) is 0.100. The summed E-state index contributed by atoms with van der Waals surface area (Å²) in [6.07, 6.45) is 0. The number of fused-ring (bicyclic) bond motifs is 1. The van der Waals surface area contributed by atoms with Crippen LogP contribution in [0.2, 0.25) is 0 Å². The van der Waals surface area contributed by atoms with Crippen molar-refractivity contribution in [2.24, 2.45) is 0 Å². The van der Waals surface area contributed by atoms with Gasteiger partial charge in [-0.15, -0.1) is 0 Å². The van der Waals surface area contributed by atoms with Gasteiger partial charge in [-0.3, -0.25) is 24.2 Å². The zero-order valence-electron chi connectivity index (χ0n) is 15.0. The number of halogens is 1. The quantitative estimate of drug-likeness (QED) is 0.372. The fourth-order valence-electron chi connectivity index (χ4n) is 3.18. The van der Waals surface area contributed by atoms with Crippen molar-refractivity contribution in [3.05, 3.63) is 63.5 Å². The Hall–Kier alpha value is -2.49. The lowest BCUT2D eigenvalue weighted by atomic mass is 10.1. The van der Waals surface area contributed by atoms with Gasteiger partial charge in [-0.05, 0) is 30.3 Å². The van der Waals surface area contributed by atoms with Gasteiger partial charge in [0.2, 0.25) is 0 Å². The second-order valence-electron chi connectivity index (χ2n) is 6.17. The van der Waals surface area contributed by atoms with Crippen LogP contribution in [0.15, 0.2) is 57.9 Å². The van der Waals surface area contributed by atoms with Crippen molar-refractivity contribution in [3.63, 3.8) is 0 Å². The Bertz CT molecular complexity index is 1100. The highest BCUT2D eigenvalue weighted by Gasteiger charge is 2.42. The van der Waals surface area contributed by atoms with Gasteiger partial charge in [0.1, 0.15) is 6.54 Å². The van der Waals surface area contributed by atoms with Gasteiger partial charge in [0, 0.05) is 10.0 Å². The molecule has 9 heteroatoms. The SMILES string of the molecule is COC(=O)CN1C(=O)/C(=C2\SC(=S)N(c3ccc(Br)cc3)C2=O)c2ccccc21. The number of rotatable bonds is 3. The van der Waals surface area contributed by atoms with Gasteiger partial charge < -0.3 is 4.74 Å². The zero-order valence-corrected chi connectivity index (χ0v) is 18.3. The van der Waals surface area contributed by atoms with Gasteiger partial charge in [0.15, 0.2) is 4.32 Å². The number of methoxy groups -OCH3 is 1. The zero-order chi connectivity index (χ0) is 20.7. The van der Waals surface area contributed by atoms with Gasteiger partial charge >= 0.3 is 5.97 Å². The van der Waals surface area contributed by atoms with Crippen molar-refractivity contribution >= 4 is 79.0 Å². The van der Waals surface area contributed by atoms with E-state index in [1.807, 2.05) is 12.1 Å². The van der Waals surface area contributed by atoms with Crippen LogP contribution in [0.1, 0.15) is 5.56 Å². The molecule has 2 aromatic carbocycles. The summed E-state index contributed by atoms with van der Waals surface area (Å²) < 4.78 is 5.93. The number of thiocarbonyl (C=S) groups is 1. The Morgan fingerprint density at radius 3 is 2.48 bits per heavy atom. The van der Waals surface area contributed by atoms with E-state index >= 15 is 0 Å². The molecule has 0 aliphatic carbocycles. The maximum Gasteiger partial charge on any atom is 0.325 e. The molecule has 0 atom stereocenters. The molecule has 2 aromatic rings. The predicted octanol–water partition coefficient (Wildman–Crippen LogP) is 3.74. The van der Waals surface area contributed by atoms with E-state index in [2.05, 4.69) is 15.9 Å². The smallest absolute Gasteiger partial charge is 0.325 e. The molecule has 0 spiro atoms. The largest absolute Gasteiger partial charge is 0.468 e. The summed E-state index contributed by atoms with van der Waals surface area (Å²) in [5.74, 6) is -1.33. The van der Waals surface area contributed by atoms with Gasteiger partial charge in [-0.25, -0.2) is 0 Å². The van der Waals surface area contributed by atoms with E-state index < -0.39 is 11.9 Å². The maximum absolute atomic E-state index is 13.2. The maximum atomic E-state index is 13.2. The first-order valence-electron chi connectivity index (χ1n) is 8.46. The summed E-state index contributed by atoms with van der Waals surface area (Å²) in [6.45, 7) is -0.233. The Kier molecular flexibility index (Phi) is 5.28. The number of hydrogen-bond acceptors (Lipinski definition) is 6. The molecule has 0 aromatic heterocycles. The van der Waals surface area contributed by atoms with E-state index in [9.17, 15) is 14.4 Å². The second-order valence-corrected chi connectivity index (χ2v) is 8.73. The summed E-state index contributed by atoms with van der Waals surface area (Å²) in [5, 5.41) is 0. The number of benzene rings is 2. The molecule has 0 saturated carbocycles. The van der Waals surface area contributed by atoms with Crippen LogP contribution in [0.3, 0.4) is 0 Å². The number of amides is 2. The lowest BCUT2D eigenvalue weighted by Gasteiger charge is -2.15. The van der Waals surface area contributed by atoms with Gasteiger partial charge in [-0.2, -0.15) is 0 Å². The Labute approximate surface area is 184 Å². The fourth-order valence-corrected chi connectivity index (χ4v) is 4.82. The number of ether oxygens (including phenoxy) is 1. The average molecular weight is 489 g/mol. The topological polar surface area (TPSA) is 66.9 Å². The van der Waals surface area contributed by atoms with Crippen LogP contribution in [0.5, 0.6) is 0 Å². The molecule has 1 saturated heterocycles. The third kappa shape index (κ3) is 3.39. The molecule has 2 aliphatic heterocycles. The number of anilines is 2. The predicted molar refractivity (Wildman–Crippen MR) is 120 cm³/mol. The lowest BCUT2D eigenvalue weighted by molar-refractivity contribution is -0.139. The number of nitrogens with zero attached hydrogens (tertiary/aromatic N) is 2. The molecular formula is C20H13BrN2O4S2. The van der Waals surface area contributed by atoms with Crippen molar-refractivity contribution in [2.45, 2.75) is 0 Å². The van der Waals surface area contributed by atoms with E-state index in [1.165, 1.54) is 16.9 Å². The lowest BCUT2D eigenvalue weighted by Crippen LogP contribution is -2.33. The Morgan fingerprint density at radius 2 is 1.79 bits per heavy atom. The first-order chi connectivity index (χ1) is 13.9. The summed E-state index contributed by atoms with van der Waals surface area (Å²) in [5.41, 5.74) is 2.03. The van der Waals surface area contributed by atoms with Crippen LogP contribution in [-0.2, 0) is 19.1 Å². The molecule has 0 N–H and O–H groups in total. The van der Waals surface area contributed by atoms with Crippen molar-refractivity contribution in [3.8, 4) is 0 Å². The molecule has 146 valence electrons. The third-order valence-corrected chi connectivity index (χ3v) is 6.42. The van der Waals surface area contributed by atoms with Gasteiger partial charge in [-0.1, -0.05) is 58.1 Å². The van der Waals surface area contributed by atoms with E-state index in [-0.39, 0.29) is 22.9 Å². The average Bonchev–Trinajstić information content (AvgIpc) is 3.15. The van der Waals surface area contributed by atoms with Crippen LogP contribution < -0.4 is 9.80 Å². The number of carbonyl (C=O) groups excluding carboxylic acids is 3. The number of hydrogen-bond donors (Lipinski definition) is 0. The standard InChI is InChI=1S/C20H13BrN2O4S2/c1-27-15(24)10-22-14-5-3-2-4-13(14)16(18(22)25)17-19(26)23(20(28)29-17)12-8-6-11(21)7-9-12/h2-9H,10H2,1H3/b17-16-. The molecule has 4 rings (SSSR count). The van der Waals surface area contributed by atoms with Crippen molar-refractivity contribution in [1.29, 1.82) is 0 Å². The Morgan fingerprint density at radius 1 is 1.10 bits per heavy atom. The van der Waals surface area contributed by atoms with Crippen molar-refractivity contribution < 1.29 is 19.1 Å². The second kappa shape index (κ2) is 7.74. The van der Waals surface area contributed by atoms with E-state index in [0.29, 0.717) is 21.3 Å². The highest BCUT2D eigenvalue weighted by Crippen LogP contribution is 2.45.